The second-order valence-corrected chi connectivity index (χ2v) is 20.2. The first-order valence-corrected chi connectivity index (χ1v) is 28.6. The van der Waals surface area contributed by atoms with E-state index in [2.05, 4.69) is 28.1 Å². The number of benzene rings is 10. The van der Waals surface area contributed by atoms with E-state index in [4.69, 9.17) is 32.5 Å². The maximum Gasteiger partial charge on any atom is 0.239 e. The molecule has 0 radical (unpaired) electrons. The zero-order valence-electron chi connectivity index (χ0n) is 46.6. The molecule has 2 heterocycles. The normalized spacial score (nSPS) is 10.7. The highest BCUT2D eigenvalue weighted by Gasteiger charge is 2.25. The minimum absolute atomic E-state index is 0.0424. The third kappa shape index (κ3) is 15.3. The van der Waals surface area contributed by atoms with Gasteiger partial charge in [0.25, 0.3) is 0 Å². The summed E-state index contributed by atoms with van der Waals surface area (Å²) in [5.41, 5.74) is 5.75. The molecule has 12 rings (SSSR count). The van der Waals surface area contributed by atoms with Gasteiger partial charge in [0.2, 0.25) is 22.4 Å². The van der Waals surface area contributed by atoms with Gasteiger partial charge >= 0.3 is 0 Å². The van der Waals surface area contributed by atoms with Gasteiger partial charge in [0.15, 0.2) is 34.5 Å². The van der Waals surface area contributed by atoms with Gasteiger partial charge in [-0.15, -0.1) is 0 Å². The van der Waals surface area contributed by atoms with Crippen molar-refractivity contribution in [2.24, 2.45) is 0 Å². The quantitative estimate of drug-likeness (QED) is 0.0400. The molecular formula is C72H57BrO14. The highest BCUT2D eigenvalue weighted by atomic mass is 79.9. The molecule has 2 aromatic heterocycles. The maximum absolute atomic E-state index is 14.8. The Kier molecular flexibility index (Phi) is 19.5. The van der Waals surface area contributed by atoms with Crippen LogP contribution in [0.2, 0.25) is 0 Å². The lowest BCUT2D eigenvalue weighted by Crippen LogP contribution is -2.12. The number of ether oxygens (including phenoxy) is 5. The molecule has 12 aromatic rings. The molecule has 0 unspecified atom stereocenters. The first-order valence-electron chi connectivity index (χ1n) is 27.4. The highest BCUT2D eigenvalue weighted by molar-refractivity contribution is 9.08. The van der Waals surface area contributed by atoms with E-state index in [1.54, 1.807) is 12.1 Å². The van der Waals surface area contributed by atoms with E-state index in [0.717, 1.165) is 57.4 Å². The molecule has 0 aliphatic heterocycles. The van der Waals surface area contributed by atoms with Crippen molar-refractivity contribution in [3.05, 3.63) is 296 Å². The molecule has 87 heavy (non-hydrogen) atoms. The van der Waals surface area contributed by atoms with Crippen LogP contribution in [0, 0.1) is 0 Å². The first kappa shape index (κ1) is 59.3. The number of rotatable bonds is 18. The summed E-state index contributed by atoms with van der Waals surface area (Å²) in [5, 5.41) is 48.8. The Morgan fingerprint density at radius 1 is 0.345 bits per heavy atom. The third-order valence-corrected chi connectivity index (χ3v) is 14.1. The van der Waals surface area contributed by atoms with Crippen LogP contribution in [0.1, 0.15) is 33.4 Å². The Labute approximate surface area is 508 Å². The van der Waals surface area contributed by atoms with Crippen LogP contribution in [0.15, 0.2) is 261 Å². The topological polar surface area (TPSA) is 208 Å². The van der Waals surface area contributed by atoms with E-state index >= 15 is 0 Å². The van der Waals surface area contributed by atoms with E-state index in [0.29, 0.717) is 48.4 Å². The number of aromatic hydroxyl groups is 5. The van der Waals surface area contributed by atoms with Gasteiger partial charge in [-0.3, -0.25) is 9.59 Å². The van der Waals surface area contributed by atoms with Gasteiger partial charge in [0, 0.05) is 40.7 Å². The van der Waals surface area contributed by atoms with Crippen LogP contribution < -0.4 is 34.5 Å². The summed E-state index contributed by atoms with van der Waals surface area (Å²) < 4.78 is 43.9. The number of fused-ring (bicyclic) bond motifs is 2. The predicted octanol–water partition coefficient (Wildman–Crippen LogP) is 15.9. The molecule has 14 nitrogen and oxygen atoms in total. The van der Waals surface area contributed by atoms with Crippen LogP contribution in [0.4, 0.5) is 0 Å². The molecule has 15 heteroatoms. The standard InChI is InChI=1S/C50H40O7.C15H10O7.C7H7Br/c51-48-47-45(55-34-39-22-12-4-13-23-39)29-42(52-31-36-16-6-1-7-17-36)30-46(47)57-49(50(48)56-35-40-24-14-5-15-25-40)41-26-27-43(53-32-37-18-8-2-9-19-37)44(28-41)54-33-38-20-10-3-11-21-38;16-7-4-10(19)12-11(5-7)22-15(14(21)13(12)20)6-1-2-8(17)9(18)3-6;8-6-7-4-2-1-3-5-7/h1-30H,31-35H2;1-5,16-19,21H;1-5H,6H2. The molecule has 0 aliphatic rings. The van der Waals surface area contributed by atoms with Gasteiger partial charge in [-0.2, -0.15) is 0 Å². The Hall–Kier alpha value is -10.9. The van der Waals surface area contributed by atoms with Crippen LogP contribution in [-0.2, 0) is 38.4 Å². The molecule has 0 saturated heterocycles. The number of hydrogen-bond donors (Lipinski definition) is 5. The van der Waals surface area contributed by atoms with Gasteiger partial charge < -0.3 is 58.1 Å². The Morgan fingerprint density at radius 2 is 0.782 bits per heavy atom. The zero-order chi connectivity index (χ0) is 60.5. The van der Waals surface area contributed by atoms with Crippen LogP contribution in [0.25, 0.3) is 44.6 Å². The van der Waals surface area contributed by atoms with Crippen molar-refractivity contribution in [2.45, 2.75) is 38.4 Å². The van der Waals surface area contributed by atoms with Crippen molar-refractivity contribution in [1.82, 2.24) is 0 Å². The molecule has 0 amide bonds. The fourth-order valence-corrected chi connectivity index (χ4v) is 9.40. The lowest BCUT2D eigenvalue weighted by molar-refractivity contribution is 0.256. The third-order valence-electron chi connectivity index (χ3n) is 13.5. The van der Waals surface area contributed by atoms with E-state index in [9.17, 15) is 35.1 Å². The number of halogens is 1. The average Bonchev–Trinajstić information content (AvgIpc) is 1.21. The summed E-state index contributed by atoms with van der Waals surface area (Å²) >= 11 is 3.36. The summed E-state index contributed by atoms with van der Waals surface area (Å²) in [6, 6.07) is 74.1. The Bertz CT molecular complexity index is 4360. The Balaban J connectivity index is 0.000000227. The number of alkyl halides is 1. The van der Waals surface area contributed by atoms with E-state index in [1.165, 1.54) is 11.6 Å². The molecule has 0 bridgehead atoms. The fourth-order valence-electron chi connectivity index (χ4n) is 9.02. The zero-order valence-corrected chi connectivity index (χ0v) is 48.2. The summed E-state index contributed by atoms with van der Waals surface area (Å²) in [6.07, 6.45) is 0. The second-order valence-electron chi connectivity index (χ2n) is 19.7. The van der Waals surface area contributed by atoms with Gasteiger partial charge in [-0.1, -0.05) is 198 Å². The molecule has 0 saturated carbocycles. The summed E-state index contributed by atoms with van der Waals surface area (Å²) in [6.45, 7) is 1.32. The monoisotopic (exact) mass is 1220 g/mol. The van der Waals surface area contributed by atoms with Crippen molar-refractivity contribution >= 4 is 37.9 Å². The average molecular weight is 1230 g/mol. The molecular weight excluding hydrogens is 1170 g/mol. The van der Waals surface area contributed by atoms with Crippen molar-refractivity contribution in [2.75, 3.05) is 0 Å². The predicted molar refractivity (Wildman–Crippen MR) is 337 cm³/mol. The van der Waals surface area contributed by atoms with Crippen LogP contribution in [0.3, 0.4) is 0 Å². The number of phenolic OH excluding ortho intramolecular Hbond substituents is 4. The van der Waals surface area contributed by atoms with Gasteiger partial charge in [0.05, 0.1) is 0 Å². The van der Waals surface area contributed by atoms with Crippen molar-refractivity contribution in [3.63, 3.8) is 0 Å². The number of phenols is 4. The SMILES string of the molecule is BrCc1ccccc1.O=c1c(O)c(-c2ccc(O)c(O)c2)oc2cc(O)cc(O)c12.O=c1c(OCc2ccccc2)c(-c2ccc(OCc3ccccc3)c(OCc3ccccc3)c2)oc2cc(OCc3ccccc3)cc(OCc3ccccc3)c12. The summed E-state index contributed by atoms with van der Waals surface area (Å²) in [7, 11) is 0. The Morgan fingerprint density at radius 3 is 1.29 bits per heavy atom. The van der Waals surface area contributed by atoms with E-state index in [-0.39, 0.29) is 74.9 Å². The van der Waals surface area contributed by atoms with Crippen molar-refractivity contribution < 1.29 is 58.1 Å². The van der Waals surface area contributed by atoms with E-state index in [1.807, 2.05) is 188 Å². The summed E-state index contributed by atoms with van der Waals surface area (Å²) in [4.78, 5) is 27.0. The second kappa shape index (κ2) is 28.6. The molecule has 0 spiro atoms. The first-order chi connectivity index (χ1) is 42.5. The molecule has 10 aromatic carbocycles. The van der Waals surface area contributed by atoms with Crippen LogP contribution in [-0.4, -0.2) is 25.5 Å². The van der Waals surface area contributed by atoms with Gasteiger partial charge in [-0.25, -0.2) is 0 Å². The molecule has 5 N–H and O–H groups in total. The van der Waals surface area contributed by atoms with Crippen molar-refractivity contribution in [3.8, 4) is 80.1 Å². The maximum atomic E-state index is 14.8. The van der Waals surface area contributed by atoms with Gasteiger partial charge in [0.1, 0.15) is 78.0 Å². The molecule has 0 atom stereocenters. The minimum atomic E-state index is -0.888. The van der Waals surface area contributed by atoms with Crippen molar-refractivity contribution in [1.29, 1.82) is 0 Å². The fraction of sp³-hybridized carbons (Fsp3) is 0.0833. The van der Waals surface area contributed by atoms with Crippen LogP contribution >= 0.6 is 15.9 Å². The molecule has 436 valence electrons. The largest absolute Gasteiger partial charge is 0.508 e. The number of hydrogen-bond acceptors (Lipinski definition) is 14. The van der Waals surface area contributed by atoms with Crippen LogP contribution in [0.5, 0.6) is 57.5 Å². The van der Waals surface area contributed by atoms with Gasteiger partial charge in [-0.05, 0) is 69.8 Å². The highest BCUT2D eigenvalue weighted by Crippen LogP contribution is 2.42. The minimum Gasteiger partial charge on any atom is -0.508 e. The molecule has 0 aliphatic carbocycles. The smallest absolute Gasteiger partial charge is 0.239 e. The van der Waals surface area contributed by atoms with E-state index < -0.39 is 22.7 Å². The molecule has 0 fully saturated rings. The lowest BCUT2D eigenvalue weighted by atomic mass is 10.1. The summed E-state index contributed by atoms with van der Waals surface area (Å²) in [5.74, 6) is -0.608. The lowest BCUT2D eigenvalue weighted by Gasteiger charge is -2.17.